The molecule has 6 atom stereocenters. The van der Waals surface area contributed by atoms with Gasteiger partial charge >= 0.3 is 0 Å². The molecule has 3 aliphatic rings. The minimum atomic E-state index is -1.02. The molecule has 0 aromatic rings. The number of aliphatic carboxylic acids is 1. The quantitative estimate of drug-likeness (QED) is 0.840. The van der Waals surface area contributed by atoms with Crippen molar-refractivity contribution >= 4 is 11.9 Å². The van der Waals surface area contributed by atoms with E-state index in [1.807, 2.05) is 0 Å². The van der Waals surface area contributed by atoms with Crippen molar-refractivity contribution in [2.24, 2.45) is 29.6 Å². The van der Waals surface area contributed by atoms with E-state index in [2.05, 4.69) is 12.2 Å². The highest BCUT2D eigenvalue weighted by Gasteiger charge is 2.51. The molecule has 0 spiro atoms. The first kappa shape index (κ1) is 13.9. The first-order valence-electron chi connectivity index (χ1n) is 8.09. The normalized spacial score (nSPS) is 43.5. The van der Waals surface area contributed by atoms with Gasteiger partial charge in [0.1, 0.15) is 0 Å². The van der Waals surface area contributed by atoms with Crippen molar-refractivity contribution in [1.29, 1.82) is 0 Å². The van der Waals surface area contributed by atoms with Crippen LogP contribution < -0.4 is 10.4 Å². The van der Waals surface area contributed by atoms with Crippen LogP contribution in [0.25, 0.3) is 0 Å². The molecule has 112 valence electrons. The number of amides is 1. The summed E-state index contributed by atoms with van der Waals surface area (Å²) in [5.41, 5.74) is 0. The van der Waals surface area contributed by atoms with Crippen LogP contribution in [0.15, 0.2) is 0 Å². The van der Waals surface area contributed by atoms with E-state index in [1.54, 1.807) is 0 Å². The van der Waals surface area contributed by atoms with Crippen LogP contribution in [-0.2, 0) is 9.59 Å². The number of hydrogen-bond acceptors (Lipinski definition) is 3. The Bertz CT molecular complexity index is 409. The van der Waals surface area contributed by atoms with Crippen molar-refractivity contribution in [2.45, 2.75) is 57.9 Å². The SMILES string of the molecule is C[C@H]1CCCC[C@H]1NC(=O)[C@@H]1[C@@H]2CC[C@@H](C2)[C@@H]1C(=O)[O-]. The average Bonchev–Trinajstić information content (AvgIpc) is 3.01. The molecule has 0 aromatic carbocycles. The van der Waals surface area contributed by atoms with Crippen LogP contribution in [0.2, 0.25) is 0 Å². The maximum absolute atomic E-state index is 12.6. The van der Waals surface area contributed by atoms with E-state index in [0.717, 1.165) is 38.5 Å². The second-order valence-corrected chi connectivity index (χ2v) is 7.08. The number of rotatable bonds is 3. The monoisotopic (exact) mass is 278 g/mol. The largest absolute Gasteiger partial charge is 0.550 e. The number of carbonyl (C=O) groups is 2. The van der Waals surface area contributed by atoms with Crippen molar-refractivity contribution in [2.75, 3.05) is 0 Å². The molecule has 2 bridgehead atoms. The number of hydrogen-bond donors (Lipinski definition) is 1. The highest BCUT2D eigenvalue weighted by atomic mass is 16.4. The molecule has 3 fully saturated rings. The average molecular weight is 278 g/mol. The van der Waals surface area contributed by atoms with Crippen molar-refractivity contribution in [3.63, 3.8) is 0 Å². The van der Waals surface area contributed by atoms with E-state index in [4.69, 9.17) is 0 Å². The highest BCUT2D eigenvalue weighted by Crippen LogP contribution is 2.52. The Hall–Kier alpha value is -1.06. The minimum Gasteiger partial charge on any atom is -0.550 e. The lowest BCUT2D eigenvalue weighted by Gasteiger charge is -2.35. The van der Waals surface area contributed by atoms with Gasteiger partial charge in [0.2, 0.25) is 5.91 Å². The van der Waals surface area contributed by atoms with E-state index < -0.39 is 11.9 Å². The van der Waals surface area contributed by atoms with Gasteiger partial charge in [-0.2, -0.15) is 0 Å². The first-order valence-corrected chi connectivity index (χ1v) is 8.09. The van der Waals surface area contributed by atoms with Gasteiger partial charge in [0, 0.05) is 23.8 Å². The van der Waals surface area contributed by atoms with Crippen LogP contribution in [-0.4, -0.2) is 17.9 Å². The first-order chi connectivity index (χ1) is 9.58. The molecule has 0 aliphatic heterocycles. The molecule has 4 heteroatoms. The summed E-state index contributed by atoms with van der Waals surface area (Å²) in [7, 11) is 0. The Morgan fingerprint density at radius 3 is 2.30 bits per heavy atom. The summed E-state index contributed by atoms with van der Waals surface area (Å²) >= 11 is 0. The van der Waals surface area contributed by atoms with Gasteiger partial charge in [-0.25, -0.2) is 0 Å². The highest BCUT2D eigenvalue weighted by molar-refractivity contribution is 5.85. The van der Waals surface area contributed by atoms with Gasteiger partial charge in [-0.15, -0.1) is 0 Å². The predicted octanol–water partition coefficient (Wildman–Crippen LogP) is 1.09. The summed E-state index contributed by atoms with van der Waals surface area (Å²) in [4.78, 5) is 23.9. The van der Waals surface area contributed by atoms with Gasteiger partial charge in [0.15, 0.2) is 0 Å². The lowest BCUT2D eigenvalue weighted by atomic mass is 9.78. The lowest BCUT2D eigenvalue weighted by molar-refractivity contribution is -0.314. The molecule has 20 heavy (non-hydrogen) atoms. The zero-order valence-electron chi connectivity index (χ0n) is 12.1. The van der Waals surface area contributed by atoms with Gasteiger partial charge in [-0.3, -0.25) is 4.79 Å². The molecule has 0 heterocycles. The molecule has 0 radical (unpaired) electrons. The lowest BCUT2D eigenvalue weighted by Crippen LogP contribution is -2.50. The van der Waals surface area contributed by atoms with Gasteiger partial charge in [0.25, 0.3) is 0 Å². The summed E-state index contributed by atoms with van der Waals surface area (Å²) in [6.07, 6.45) is 7.45. The molecule has 4 nitrogen and oxygen atoms in total. The summed E-state index contributed by atoms with van der Waals surface area (Å²) in [5.74, 6) is -0.987. The number of carboxylic acids is 1. The van der Waals surface area contributed by atoms with Crippen LogP contribution in [0.1, 0.15) is 51.9 Å². The molecular formula is C16H24NO3-. The molecular weight excluding hydrogens is 254 g/mol. The van der Waals surface area contributed by atoms with E-state index in [1.165, 1.54) is 6.42 Å². The smallest absolute Gasteiger partial charge is 0.224 e. The Kier molecular flexibility index (Phi) is 3.74. The summed E-state index contributed by atoms with van der Waals surface area (Å²) in [5, 5.41) is 14.5. The Labute approximate surface area is 120 Å². The van der Waals surface area contributed by atoms with Crippen LogP contribution in [0.4, 0.5) is 0 Å². The van der Waals surface area contributed by atoms with Gasteiger partial charge in [0.05, 0.1) is 0 Å². The molecule has 3 saturated carbocycles. The van der Waals surface area contributed by atoms with Crippen LogP contribution in [0, 0.1) is 29.6 Å². The van der Waals surface area contributed by atoms with E-state index >= 15 is 0 Å². The maximum atomic E-state index is 12.6. The van der Waals surface area contributed by atoms with Crippen molar-refractivity contribution < 1.29 is 14.7 Å². The van der Waals surface area contributed by atoms with Crippen LogP contribution in [0.5, 0.6) is 0 Å². The molecule has 0 aromatic heterocycles. The fraction of sp³-hybridized carbons (Fsp3) is 0.875. The van der Waals surface area contributed by atoms with Gasteiger partial charge in [-0.1, -0.05) is 19.8 Å². The fourth-order valence-electron chi connectivity index (χ4n) is 4.82. The molecule has 3 aliphatic carbocycles. The number of nitrogens with one attached hydrogen (secondary N) is 1. The summed E-state index contributed by atoms with van der Waals surface area (Å²) in [6.45, 7) is 2.18. The van der Waals surface area contributed by atoms with Crippen molar-refractivity contribution in [1.82, 2.24) is 5.32 Å². The van der Waals surface area contributed by atoms with Crippen LogP contribution in [0.3, 0.4) is 0 Å². The zero-order valence-corrected chi connectivity index (χ0v) is 12.1. The standard InChI is InChI=1S/C16H25NO3/c1-9-4-2-3-5-12(9)17-15(18)13-10-6-7-11(8-10)14(13)16(19)20/h9-14H,2-8H2,1H3,(H,17,18)(H,19,20)/p-1/t9-,10+,11-,12+,13+,14-/m0/s1. The molecule has 0 saturated heterocycles. The third kappa shape index (κ3) is 2.33. The maximum Gasteiger partial charge on any atom is 0.224 e. The topological polar surface area (TPSA) is 69.2 Å². The molecule has 0 unspecified atom stereocenters. The number of carbonyl (C=O) groups excluding carboxylic acids is 2. The summed E-state index contributed by atoms with van der Waals surface area (Å²) < 4.78 is 0. The van der Waals surface area contributed by atoms with Gasteiger partial charge in [-0.05, 0) is 49.9 Å². The Balaban J connectivity index is 1.68. The zero-order chi connectivity index (χ0) is 14.3. The molecule has 1 amide bonds. The van der Waals surface area contributed by atoms with E-state index in [9.17, 15) is 14.7 Å². The number of carboxylic acid groups (broad SMARTS) is 1. The molecule has 3 rings (SSSR count). The predicted molar refractivity (Wildman–Crippen MR) is 72.4 cm³/mol. The van der Waals surface area contributed by atoms with Crippen LogP contribution >= 0.6 is 0 Å². The Morgan fingerprint density at radius 1 is 1.00 bits per heavy atom. The minimum absolute atomic E-state index is 0.0230. The van der Waals surface area contributed by atoms with Crippen molar-refractivity contribution in [3.05, 3.63) is 0 Å². The second-order valence-electron chi connectivity index (χ2n) is 7.08. The number of fused-ring (bicyclic) bond motifs is 2. The summed E-state index contributed by atoms with van der Waals surface area (Å²) in [6, 6.07) is 0.234. The van der Waals surface area contributed by atoms with E-state index in [0.29, 0.717) is 5.92 Å². The van der Waals surface area contributed by atoms with Crippen molar-refractivity contribution in [3.8, 4) is 0 Å². The van der Waals surface area contributed by atoms with Gasteiger partial charge < -0.3 is 15.2 Å². The third-order valence-corrected chi connectivity index (χ3v) is 5.93. The Morgan fingerprint density at radius 2 is 1.65 bits per heavy atom. The fourth-order valence-corrected chi connectivity index (χ4v) is 4.82. The second kappa shape index (κ2) is 5.38. The molecule has 1 N–H and O–H groups in total. The third-order valence-electron chi connectivity index (χ3n) is 5.93. The van der Waals surface area contributed by atoms with E-state index in [-0.39, 0.29) is 29.7 Å².